The maximum atomic E-state index is 13.1. The van der Waals surface area contributed by atoms with Gasteiger partial charge in [-0.1, -0.05) is 17.7 Å². The Morgan fingerprint density at radius 2 is 2.27 bits per heavy atom. The summed E-state index contributed by atoms with van der Waals surface area (Å²) in [5.41, 5.74) is 1.62. The van der Waals surface area contributed by atoms with E-state index in [9.17, 15) is 9.18 Å². The van der Waals surface area contributed by atoms with Crippen LogP contribution in [0.3, 0.4) is 0 Å². The molecule has 26 heavy (non-hydrogen) atoms. The Kier molecular flexibility index (Phi) is 5.90. The highest BCUT2D eigenvalue weighted by atomic mass is 35.5. The zero-order chi connectivity index (χ0) is 18.5. The van der Waals surface area contributed by atoms with Gasteiger partial charge in [0, 0.05) is 18.2 Å². The molecule has 0 unspecified atom stereocenters. The molecule has 5 nitrogen and oxygen atoms in total. The summed E-state index contributed by atoms with van der Waals surface area (Å²) >= 11 is 7.42. The van der Waals surface area contributed by atoms with Crippen LogP contribution in [0.5, 0.6) is 5.75 Å². The minimum Gasteiger partial charge on any atom is -0.489 e. The lowest BCUT2D eigenvalue weighted by Crippen LogP contribution is -2.23. The van der Waals surface area contributed by atoms with Crippen molar-refractivity contribution >= 4 is 28.8 Å². The van der Waals surface area contributed by atoms with Crippen molar-refractivity contribution in [3.63, 3.8) is 0 Å². The zero-order valence-corrected chi connectivity index (χ0v) is 15.6. The highest BCUT2D eigenvalue weighted by molar-refractivity contribution is 7.12. The van der Waals surface area contributed by atoms with Gasteiger partial charge in [-0.25, -0.2) is 4.39 Å². The average molecular weight is 394 g/mol. The number of benzene rings is 1. The molecule has 0 aliphatic carbocycles. The smallest absolute Gasteiger partial charge is 0.261 e. The highest BCUT2D eigenvalue weighted by Crippen LogP contribution is 2.19. The number of hydrogen-bond acceptors (Lipinski definition) is 4. The van der Waals surface area contributed by atoms with Crippen LogP contribution < -0.4 is 10.1 Å². The number of ether oxygens (including phenoxy) is 1. The Hall–Kier alpha value is -2.38. The van der Waals surface area contributed by atoms with Crippen LogP contribution in [0.1, 0.15) is 27.9 Å². The summed E-state index contributed by atoms with van der Waals surface area (Å²) in [7, 11) is 0. The van der Waals surface area contributed by atoms with E-state index < -0.39 is 0 Å². The first-order valence-corrected chi connectivity index (χ1v) is 9.26. The Morgan fingerprint density at radius 1 is 1.42 bits per heavy atom. The van der Waals surface area contributed by atoms with Gasteiger partial charge in [-0.2, -0.15) is 5.10 Å². The van der Waals surface area contributed by atoms with Crippen molar-refractivity contribution in [2.24, 2.45) is 0 Å². The monoisotopic (exact) mass is 393 g/mol. The van der Waals surface area contributed by atoms with Crippen LogP contribution in [0, 0.1) is 5.82 Å². The average Bonchev–Trinajstić information content (AvgIpc) is 3.24. The summed E-state index contributed by atoms with van der Waals surface area (Å²) in [6, 6.07) is 7.71. The summed E-state index contributed by atoms with van der Waals surface area (Å²) < 4.78 is 20.4. The first-order chi connectivity index (χ1) is 12.6. The summed E-state index contributed by atoms with van der Waals surface area (Å²) in [6.45, 7) is 3.21. The summed E-state index contributed by atoms with van der Waals surface area (Å²) in [4.78, 5) is 12.9. The third-order valence-electron chi connectivity index (χ3n) is 3.69. The number of carbonyl (C=O) groups excluding carboxylic acids is 1. The number of amides is 1. The Morgan fingerprint density at radius 3 is 3.04 bits per heavy atom. The van der Waals surface area contributed by atoms with E-state index in [1.807, 2.05) is 12.3 Å². The van der Waals surface area contributed by atoms with Crippen molar-refractivity contribution in [3.05, 3.63) is 68.9 Å². The van der Waals surface area contributed by atoms with E-state index in [1.165, 1.54) is 23.5 Å². The van der Waals surface area contributed by atoms with E-state index in [0.717, 1.165) is 11.3 Å². The number of halogens is 2. The molecule has 0 aliphatic heterocycles. The molecule has 136 valence electrons. The number of nitrogens with one attached hydrogen (secondary N) is 1. The van der Waals surface area contributed by atoms with Crippen LogP contribution in [-0.2, 0) is 19.7 Å². The summed E-state index contributed by atoms with van der Waals surface area (Å²) in [5.74, 6) is -0.0885. The molecule has 3 rings (SSSR count). The Balaban J connectivity index is 1.56. The third kappa shape index (κ3) is 4.42. The fourth-order valence-electron chi connectivity index (χ4n) is 2.38. The molecule has 3 aromatic rings. The quantitative estimate of drug-likeness (QED) is 0.652. The van der Waals surface area contributed by atoms with Crippen molar-refractivity contribution < 1.29 is 13.9 Å². The van der Waals surface area contributed by atoms with E-state index in [-0.39, 0.29) is 18.3 Å². The summed E-state index contributed by atoms with van der Waals surface area (Å²) in [6.07, 6.45) is 1.57. The number of hydrogen-bond donors (Lipinski definition) is 1. The van der Waals surface area contributed by atoms with Crippen molar-refractivity contribution in [1.29, 1.82) is 0 Å². The standard InChI is InChI=1S/C18H17ClFN3O2S/c1-2-23-16(15(19)8-22-23)9-21-18(24)17-6-12(11-26-17)10-25-14-5-3-4-13(20)7-14/h3-8,11H,2,9-10H2,1H3,(H,21,24). The van der Waals surface area contributed by atoms with Gasteiger partial charge in [-0.05, 0) is 30.5 Å². The molecule has 2 heterocycles. The number of rotatable bonds is 7. The SMILES string of the molecule is CCn1ncc(Cl)c1CNC(=O)c1cc(COc2cccc(F)c2)cs1. The van der Waals surface area contributed by atoms with Gasteiger partial charge in [0.25, 0.3) is 5.91 Å². The van der Waals surface area contributed by atoms with Gasteiger partial charge in [0.2, 0.25) is 0 Å². The summed E-state index contributed by atoms with van der Waals surface area (Å²) in [5, 5.41) is 9.36. The second kappa shape index (κ2) is 8.33. The molecule has 0 fully saturated rings. The molecule has 0 spiro atoms. The van der Waals surface area contributed by atoms with Crippen LogP contribution >= 0.6 is 22.9 Å². The van der Waals surface area contributed by atoms with Gasteiger partial charge >= 0.3 is 0 Å². The lowest BCUT2D eigenvalue weighted by molar-refractivity contribution is 0.0954. The van der Waals surface area contributed by atoms with Gasteiger partial charge < -0.3 is 10.1 Å². The molecule has 0 saturated carbocycles. The molecule has 1 N–H and O–H groups in total. The normalized spacial score (nSPS) is 10.7. The molecule has 0 aliphatic rings. The molecule has 8 heteroatoms. The lowest BCUT2D eigenvalue weighted by Gasteiger charge is -2.07. The molecule has 1 amide bonds. The molecule has 0 saturated heterocycles. The zero-order valence-electron chi connectivity index (χ0n) is 14.0. The van der Waals surface area contributed by atoms with Crippen molar-refractivity contribution in [2.45, 2.75) is 26.6 Å². The maximum absolute atomic E-state index is 13.1. The number of aromatic nitrogens is 2. The van der Waals surface area contributed by atoms with Gasteiger partial charge in [-0.15, -0.1) is 11.3 Å². The molecular weight excluding hydrogens is 377 g/mol. The van der Waals surface area contributed by atoms with E-state index in [2.05, 4.69) is 10.4 Å². The van der Waals surface area contributed by atoms with Crippen LogP contribution in [0.25, 0.3) is 0 Å². The molecular formula is C18H17ClFN3O2S. The van der Waals surface area contributed by atoms with Crippen LogP contribution in [-0.4, -0.2) is 15.7 Å². The van der Waals surface area contributed by atoms with E-state index in [0.29, 0.717) is 28.7 Å². The Bertz CT molecular complexity index is 909. The highest BCUT2D eigenvalue weighted by Gasteiger charge is 2.13. The fraction of sp³-hybridized carbons (Fsp3) is 0.222. The fourth-order valence-corrected chi connectivity index (χ4v) is 3.40. The lowest BCUT2D eigenvalue weighted by atomic mass is 10.3. The largest absolute Gasteiger partial charge is 0.489 e. The van der Waals surface area contributed by atoms with Crippen LogP contribution in [0.4, 0.5) is 4.39 Å². The molecule has 1 aromatic carbocycles. The number of nitrogens with zero attached hydrogens (tertiary/aromatic N) is 2. The molecule has 0 atom stereocenters. The van der Waals surface area contributed by atoms with E-state index >= 15 is 0 Å². The minimum atomic E-state index is -0.349. The van der Waals surface area contributed by atoms with Crippen LogP contribution in [0.2, 0.25) is 5.02 Å². The molecule has 0 bridgehead atoms. The van der Waals surface area contributed by atoms with Crippen LogP contribution in [0.15, 0.2) is 41.9 Å². The van der Waals surface area contributed by atoms with Gasteiger partial charge in [0.15, 0.2) is 0 Å². The first-order valence-electron chi connectivity index (χ1n) is 8.01. The maximum Gasteiger partial charge on any atom is 0.261 e. The number of thiophene rings is 1. The predicted molar refractivity (Wildman–Crippen MR) is 99.1 cm³/mol. The minimum absolute atomic E-state index is 0.188. The molecule has 2 aromatic heterocycles. The third-order valence-corrected chi connectivity index (χ3v) is 4.99. The van der Waals surface area contributed by atoms with Gasteiger partial charge in [0.1, 0.15) is 18.2 Å². The van der Waals surface area contributed by atoms with Crippen molar-refractivity contribution in [2.75, 3.05) is 0 Å². The predicted octanol–water partition coefficient (Wildman–Crippen LogP) is 4.27. The van der Waals surface area contributed by atoms with Gasteiger partial charge in [-0.3, -0.25) is 9.48 Å². The number of carbonyl (C=O) groups is 1. The molecule has 0 radical (unpaired) electrons. The topological polar surface area (TPSA) is 56.2 Å². The number of aryl methyl sites for hydroxylation is 1. The first kappa shape index (κ1) is 18.4. The second-order valence-electron chi connectivity index (χ2n) is 5.50. The van der Waals surface area contributed by atoms with Crippen molar-refractivity contribution in [3.8, 4) is 5.75 Å². The van der Waals surface area contributed by atoms with Crippen molar-refractivity contribution in [1.82, 2.24) is 15.1 Å². The Labute approximate surface area is 159 Å². The van der Waals surface area contributed by atoms with Gasteiger partial charge in [0.05, 0.1) is 28.3 Å². The second-order valence-corrected chi connectivity index (χ2v) is 6.82. The van der Waals surface area contributed by atoms with E-state index in [1.54, 1.807) is 29.1 Å². The van der Waals surface area contributed by atoms with E-state index in [4.69, 9.17) is 16.3 Å².